The molecule has 0 saturated carbocycles. The largest absolute Gasteiger partial charge is 2.00 e. The Morgan fingerprint density at radius 3 is 1.30 bits per heavy atom. The van der Waals surface area contributed by atoms with Gasteiger partial charge in [-0.05, 0) is 32.1 Å². The summed E-state index contributed by atoms with van der Waals surface area (Å²) in [5.74, 6) is 0.264. The van der Waals surface area contributed by atoms with Crippen LogP contribution in [0.5, 0.6) is 11.5 Å². The molecule has 0 aliphatic heterocycles. The molecule has 0 aromatic heterocycles. The number of rotatable bonds is 14. The third-order valence-electron chi connectivity index (χ3n) is 5.84. The van der Waals surface area contributed by atoms with Gasteiger partial charge in [0, 0.05) is 0 Å². The first-order valence-corrected chi connectivity index (χ1v) is 11.7. The van der Waals surface area contributed by atoms with Crippen molar-refractivity contribution in [1.82, 2.24) is 0 Å². The van der Waals surface area contributed by atoms with Crippen LogP contribution in [-0.2, 0) is 19.3 Å². The van der Waals surface area contributed by atoms with E-state index in [1.807, 2.05) is 36.4 Å². The molecule has 0 bridgehead atoms. The Labute approximate surface area is 214 Å². The molecule has 2 aromatic carbocycles. The fraction of sp³-hybridized carbons (Fsp3) is 0.556. The minimum absolute atomic E-state index is 0. The standard InChI is InChI=1S/C27H40O2.Ca/c1-3-5-7-9-11-15-22-17-13-19-24(26(22)28)21-25-20-14-18-23(27(25)29)16-12-10-8-6-4-2;/h13-14,17-20,28-29H,3-12,15-16,21H2,1-2H3;/q;+2/p-2. The van der Waals surface area contributed by atoms with Crippen LogP contribution in [0.4, 0.5) is 0 Å². The monoisotopic (exact) mass is 434 g/mol. The van der Waals surface area contributed by atoms with E-state index in [1.165, 1.54) is 51.4 Å². The van der Waals surface area contributed by atoms with Crippen molar-refractivity contribution in [1.29, 1.82) is 0 Å². The topological polar surface area (TPSA) is 46.1 Å². The average molecular weight is 435 g/mol. The molecule has 2 rings (SSSR count). The molecule has 0 saturated heterocycles. The Balaban J connectivity index is 0.00000450. The Morgan fingerprint density at radius 1 is 0.533 bits per heavy atom. The fourth-order valence-electron chi connectivity index (χ4n) is 3.99. The Hall–Kier alpha value is -0.700. The SMILES string of the molecule is CCCCCCCc1cccc(Cc2cccc(CCCCCCC)c2[O-])c1[O-].[Ca+2]. The first kappa shape index (κ1) is 27.3. The molecule has 0 amide bonds. The predicted molar refractivity (Wildman–Crippen MR) is 125 cm³/mol. The number of aryl methyl sites for hydroxylation is 2. The zero-order chi connectivity index (χ0) is 20.9. The summed E-state index contributed by atoms with van der Waals surface area (Å²) in [6, 6.07) is 11.6. The second-order valence-electron chi connectivity index (χ2n) is 8.32. The van der Waals surface area contributed by atoms with Crippen molar-refractivity contribution in [3.8, 4) is 11.5 Å². The van der Waals surface area contributed by atoms with Crippen LogP contribution in [0, 0.1) is 0 Å². The van der Waals surface area contributed by atoms with Crippen molar-refractivity contribution in [2.24, 2.45) is 0 Å². The molecule has 0 heterocycles. The van der Waals surface area contributed by atoms with E-state index in [0.29, 0.717) is 6.42 Å². The van der Waals surface area contributed by atoms with E-state index >= 15 is 0 Å². The van der Waals surface area contributed by atoms with Crippen LogP contribution >= 0.6 is 0 Å². The van der Waals surface area contributed by atoms with Crippen LogP contribution < -0.4 is 10.2 Å². The summed E-state index contributed by atoms with van der Waals surface area (Å²) in [5.41, 5.74) is 3.32. The molecule has 160 valence electrons. The molecule has 0 spiro atoms. The van der Waals surface area contributed by atoms with E-state index in [1.54, 1.807) is 0 Å². The van der Waals surface area contributed by atoms with Crippen LogP contribution in [0.3, 0.4) is 0 Å². The molecule has 0 radical (unpaired) electrons. The third kappa shape index (κ3) is 9.20. The van der Waals surface area contributed by atoms with Gasteiger partial charge in [0.2, 0.25) is 0 Å². The quantitative estimate of drug-likeness (QED) is 0.268. The predicted octanol–water partition coefficient (Wildman–Crippen LogP) is 6.07. The second-order valence-corrected chi connectivity index (χ2v) is 8.32. The summed E-state index contributed by atoms with van der Waals surface area (Å²) in [7, 11) is 0. The van der Waals surface area contributed by atoms with E-state index < -0.39 is 0 Å². The molecule has 0 aliphatic carbocycles. The Kier molecular flexibility index (Phi) is 14.6. The maximum absolute atomic E-state index is 12.9. The maximum Gasteiger partial charge on any atom is 2.00 e. The first-order valence-electron chi connectivity index (χ1n) is 11.7. The molecule has 3 heteroatoms. The third-order valence-corrected chi connectivity index (χ3v) is 5.84. The average Bonchev–Trinajstić information content (AvgIpc) is 2.72. The van der Waals surface area contributed by atoms with Crippen molar-refractivity contribution >= 4 is 37.7 Å². The number of unbranched alkanes of at least 4 members (excludes halogenated alkanes) is 8. The molecule has 2 aromatic rings. The van der Waals surface area contributed by atoms with Crippen molar-refractivity contribution in [2.75, 3.05) is 0 Å². The zero-order valence-corrected chi connectivity index (χ0v) is 21.4. The molecular formula is C27H38CaO2. The maximum atomic E-state index is 12.9. The van der Waals surface area contributed by atoms with Crippen LogP contribution in [0.25, 0.3) is 0 Å². The van der Waals surface area contributed by atoms with Gasteiger partial charge < -0.3 is 10.2 Å². The summed E-state index contributed by atoms with van der Waals surface area (Å²) in [6.07, 6.45) is 14.1. The number of para-hydroxylation sites is 2. The van der Waals surface area contributed by atoms with Crippen LogP contribution in [-0.4, -0.2) is 37.7 Å². The summed E-state index contributed by atoms with van der Waals surface area (Å²) in [5, 5.41) is 25.7. The van der Waals surface area contributed by atoms with Gasteiger partial charge in [-0.15, -0.1) is 11.5 Å². The van der Waals surface area contributed by atoms with Crippen molar-refractivity contribution in [2.45, 2.75) is 97.3 Å². The van der Waals surface area contributed by atoms with E-state index in [-0.39, 0.29) is 49.2 Å². The molecule has 0 aliphatic rings. The van der Waals surface area contributed by atoms with Crippen LogP contribution in [0.15, 0.2) is 36.4 Å². The van der Waals surface area contributed by atoms with Gasteiger partial charge in [0.15, 0.2) is 0 Å². The minimum Gasteiger partial charge on any atom is -0.872 e. The van der Waals surface area contributed by atoms with Gasteiger partial charge in [-0.25, -0.2) is 0 Å². The van der Waals surface area contributed by atoms with Crippen LogP contribution in [0.2, 0.25) is 0 Å². The van der Waals surface area contributed by atoms with Crippen molar-refractivity contribution in [3.05, 3.63) is 58.7 Å². The van der Waals surface area contributed by atoms with E-state index in [2.05, 4.69) is 13.8 Å². The van der Waals surface area contributed by atoms with E-state index in [0.717, 1.165) is 47.9 Å². The number of hydrogen-bond donors (Lipinski definition) is 0. The van der Waals surface area contributed by atoms with E-state index in [9.17, 15) is 10.2 Å². The minimum atomic E-state index is 0. The number of benzene rings is 2. The zero-order valence-electron chi connectivity index (χ0n) is 19.2. The Bertz CT molecular complexity index is 665. The van der Waals surface area contributed by atoms with Gasteiger partial charge >= 0.3 is 37.7 Å². The van der Waals surface area contributed by atoms with Gasteiger partial charge in [-0.3, -0.25) is 0 Å². The summed E-state index contributed by atoms with van der Waals surface area (Å²) in [4.78, 5) is 0. The Morgan fingerprint density at radius 2 is 0.900 bits per heavy atom. The van der Waals surface area contributed by atoms with E-state index in [4.69, 9.17) is 0 Å². The summed E-state index contributed by atoms with van der Waals surface area (Å²) in [6.45, 7) is 4.43. The molecule has 2 nitrogen and oxygen atoms in total. The summed E-state index contributed by atoms with van der Waals surface area (Å²) < 4.78 is 0. The first-order chi connectivity index (χ1) is 14.2. The van der Waals surface area contributed by atoms with Gasteiger partial charge in [-0.2, -0.15) is 0 Å². The van der Waals surface area contributed by atoms with Gasteiger partial charge in [0.25, 0.3) is 0 Å². The van der Waals surface area contributed by atoms with Crippen molar-refractivity contribution < 1.29 is 10.2 Å². The molecule has 0 atom stereocenters. The second kappa shape index (κ2) is 16.0. The molecule has 0 fully saturated rings. The molecule has 0 N–H and O–H groups in total. The van der Waals surface area contributed by atoms with Crippen molar-refractivity contribution in [3.63, 3.8) is 0 Å². The van der Waals surface area contributed by atoms with Gasteiger partial charge in [0.05, 0.1) is 0 Å². The summed E-state index contributed by atoms with van der Waals surface area (Å²) >= 11 is 0. The molecule has 30 heavy (non-hydrogen) atoms. The molecule has 0 unspecified atom stereocenters. The van der Waals surface area contributed by atoms with Crippen LogP contribution in [0.1, 0.15) is 100 Å². The number of hydrogen-bond acceptors (Lipinski definition) is 2. The smallest absolute Gasteiger partial charge is 0.872 e. The normalized spacial score (nSPS) is 10.7. The van der Waals surface area contributed by atoms with Gasteiger partial charge in [0.1, 0.15) is 0 Å². The fourth-order valence-corrected chi connectivity index (χ4v) is 3.99. The molecular weight excluding hydrogens is 396 g/mol. The van der Waals surface area contributed by atoms with Gasteiger partial charge in [-0.1, -0.05) is 124 Å².